The van der Waals surface area contributed by atoms with Gasteiger partial charge in [0.15, 0.2) is 5.13 Å². The molecule has 0 bridgehead atoms. The number of aromatic nitrogens is 1. The molecule has 0 fully saturated rings. The summed E-state index contributed by atoms with van der Waals surface area (Å²) >= 11 is 1.43. The Labute approximate surface area is 168 Å². The van der Waals surface area contributed by atoms with Crippen molar-refractivity contribution in [3.63, 3.8) is 0 Å². The monoisotopic (exact) mass is 384 g/mol. The first kappa shape index (κ1) is 18.1. The van der Waals surface area contributed by atoms with Gasteiger partial charge >= 0.3 is 0 Å². The largest absolute Gasteiger partial charge is 0.298 e. The van der Waals surface area contributed by atoms with E-state index in [1.54, 1.807) is 0 Å². The van der Waals surface area contributed by atoms with Gasteiger partial charge in [-0.05, 0) is 35.2 Å². The van der Waals surface area contributed by atoms with Gasteiger partial charge in [-0.25, -0.2) is 4.98 Å². The summed E-state index contributed by atoms with van der Waals surface area (Å²) in [5.41, 5.74) is 6.07. The summed E-state index contributed by atoms with van der Waals surface area (Å²) in [4.78, 5) is 17.1. The molecule has 1 heterocycles. The van der Waals surface area contributed by atoms with E-state index in [1.807, 2.05) is 47.8 Å². The van der Waals surface area contributed by atoms with Crippen LogP contribution in [0.5, 0.6) is 0 Å². The first-order valence-corrected chi connectivity index (χ1v) is 10.1. The van der Waals surface area contributed by atoms with Crippen LogP contribution in [0, 0.1) is 0 Å². The fraction of sp³-hybridized carbons (Fsp3) is 0.0833. The van der Waals surface area contributed by atoms with Crippen LogP contribution in [0.1, 0.15) is 22.8 Å². The lowest BCUT2D eigenvalue weighted by molar-refractivity contribution is 0.102. The van der Waals surface area contributed by atoms with Gasteiger partial charge in [-0.2, -0.15) is 0 Å². The molecule has 0 atom stereocenters. The van der Waals surface area contributed by atoms with Gasteiger partial charge in [0.2, 0.25) is 0 Å². The number of nitrogens with one attached hydrogen (secondary N) is 1. The number of aryl methyl sites for hydroxylation is 1. The van der Waals surface area contributed by atoms with Crippen molar-refractivity contribution >= 4 is 22.4 Å². The van der Waals surface area contributed by atoms with Crippen molar-refractivity contribution in [2.75, 3.05) is 5.32 Å². The Kier molecular flexibility index (Phi) is 5.31. The van der Waals surface area contributed by atoms with E-state index in [9.17, 15) is 4.79 Å². The van der Waals surface area contributed by atoms with Gasteiger partial charge in [0.25, 0.3) is 5.91 Å². The van der Waals surface area contributed by atoms with E-state index >= 15 is 0 Å². The van der Waals surface area contributed by atoms with E-state index in [1.165, 1.54) is 16.9 Å². The van der Waals surface area contributed by atoms with Crippen molar-refractivity contribution in [3.8, 4) is 22.4 Å². The van der Waals surface area contributed by atoms with Crippen molar-refractivity contribution in [1.29, 1.82) is 0 Å². The molecule has 0 saturated carbocycles. The summed E-state index contributed by atoms with van der Waals surface area (Å²) in [6.45, 7) is 2.14. The van der Waals surface area contributed by atoms with Gasteiger partial charge in [-0.15, -0.1) is 11.3 Å². The third-order valence-electron chi connectivity index (χ3n) is 4.64. The minimum Gasteiger partial charge on any atom is -0.298 e. The number of amides is 1. The highest BCUT2D eigenvalue weighted by atomic mass is 32.1. The number of thiazole rings is 1. The number of hydrogen-bond acceptors (Lipinski definition) is 3. The highest BCUT2D eigenvalue weighted by Gasteiger charge is 2.10. The molecule has 1 amide bonds. The van der Waals surface area contributed by atoms with Crippen LogP contribution < -0.4 is 5.32 Å². The van der Waals surface area contributed by atoms with Crippen LogP contribution in [0.3, 0.4) is 0 Å². The minimum atomic E-state index is -0.151. The van der Waals surface area contributed by atoms with Crippen molar-refractivity contribution in [2.24, 2.45) is 0 Å². The second-order valence-corrected chi connectivity index (χ2v) is 7.34. The van der Waals surface area contributed by atoms with Gasteiger partial charge in [-0.3, -0.25) is 10.1 Å². The maximum Gasteiger partial charge on any atom is 0.257 e. The third-order valence-corrected chi connectivity index (χ3v) is 5.39. The zero-order valence-electron chi connectivity index (χ0n) is 15.6. The molecular formula is C24H20N2OS. The summed E-state index contributed by atoms with van der Waals surface area (Å²) in [5, 5.41) is 5.47. The van der Waals surface area contributed by atoms with E-state index in [4.69, 9.17) is 0 Å². The molecule has 28 heavy (non-hydrogen) atoms. The maximum absolute atomic E-state index is 12.5. The number of carbonyl (C=O) groups is 1. The fourth-order valence-electron chi connectivity index (χ4n) is 2.99. The van der Waals surface area contributed by atoms with Gasteiger partial charge in [0, 0.05) is 16.5 Å². The molecule has 0 radical (unpaired) electrons. The molecule has 138 valence electrons. The predicted octanol–water partition coefficient (Wildman–Crippen LogP) is 6.29. The fourth-order valence-corrected chi connectivity index (χ4v) is 3.70. The first-order chi connectivity index (χ1) is 13.7. The Morgan fingerprint density at radius 2 is 1.50 bits per heavy atom. The summed E-state index contributed by atoms with van der Waals surface area (Å²) < 4.78 is 0. The molecule has 4 heteroatoms. The van der Waals surface area contributed by atoms with Crippen molar-refractivity contribution in [2.45, 2.75) is 13.3 Å². The zero-order chi connectivity index (χ0) is 19.3. The average Bonchev–Trinajstić information content (AvgIpc) is 3.23. The molecule has 3 nitrogen and oxygen atoms in total. The average molecular weight is 385 g/mol. The molecule has 0 unspecified atom stereocenters. The Morgan fingerprint density at radius 3 is 2.18 bits per heavy atom. The molecule has 0 aliphatic rings. The molecule has 1 N–H and O–H groups in total. The predicted molar refractivity (Wildman–Crippen MR) is 117 cm³/mol. The molecule has 1 aromatic heterocycles. The Morgan fingerprint density at radius 1 is 0.857 bits per heavy atom. The zero-order valence-corrected chi connectivity index (χ0v) is 16.4. The Bertz CT molecular complexity index is 1070. The van der Waals surface area contributed by atoms with Crippen molar-refractivity contribution in [3.05, 3.63) is 95.4 Å². The molecule has 0 spiro atoms. The molecule has 0 aliphatic carbocycles. The molecule has 4 rings (SSSR count). The number of benzene rings is 3. The molecule has 3 aromatic carbocycles. The standard InChI is InChI=1S/C24H20N2OS/c1-2-17-8-10-20(11-9-17)22-16-28-24(25-22)26-23(27)21-14-12-19(13-15-21)18-6-4-3-5-7-18/h3-16H,2H2,1H3,(H,25,26,27). The SMILES string of the molecule is CCc1ccc(-c2csc(NC(=O)c3ccc(-c4ccccc4)cc3)n2)cc1. The van der Waals surface area contributed by atoms with Crippen LogP contribution in [-0.2, 0) is 6.42 Å². The number of nitrogens with zero attached hydrogens (tertiary/aromatic N) is 1. The first-order valence-electron chi connectivity index (χ1n) is 9.24. The van der Waals surface area contributed by atoms with E-state index < -0.39 is 0 Å². The lowest BCUT2D eigenvalue weighted by Crippen LogP contribution is -2.11. The summed E-state index contributed by atoms with van der Waals surface area (Å²) in [5.74, 6) is -0.151. The summed E-state index contributed by atoms with van der Waals surface area (Å²) in [6.07, 6.45) is 1.02. The second-order valence-electron chi connectivity index (χ2n) is 6.49. The Hall–Kier alpha value is -3.24. The van der Waals surface area contributed by atoms with Gasteiger partial charge in [-0.1, -0.05) is 73.7 Å². The van der Waals surface area contributed by atoms with Crippen molar-refractivity contribution < 1.29 is 4.79 Å². The smallest absolute Gasteiger partial charge is 0.257 e. The highest BCUT2D eigenvalue weighted by Crippen LogP contribution is 2.26. The molecular weight excluding hydrogens is 364 g/mol. The normalized spacial score (nSPS) is 10.6. The number of anilines is 1. The van der Waals surface area contributed by atoms with E-state index in [-0.39, 0.29) is 5.91 Å². The molecule has 4 aromatic rings. The maximum atomic E-state index is 12.5. The minimum absolute atomic E-state index is 0.151. The lowest BCUT2D eigenvalue weighted by Gasteiger charge is -2.05. The van der Waals surface area contributed by atoms with Gasteiger partial charge in [0.05, 0.1) is 5.69 Å². The topological polar surface area (TPSA) is 42.0 Å². The summed E-state index contributed by atoms with van der Waals surface area (Å²) in [6, 6.07) is 26.1. The quantitative estimate of drug-likeness (QED) is 0.439. The molecule has 0 saturated heterocycles. The Balaban J connectivity index is 1.46. The number of carbonyl (C=O) groups excluding carboxylic acids is 1. The van der Waals surface area contributed by atoms with Crippen LogP contribution in [0.25, 0.3) is 22.4 Å². The van der Waals surface area contributed by atoms with Crippen LogP contribution >= 0.6 is 11.3 Å². The van der Waals surface area contributed by atoms with Gasteiger partial charge in [0.1, 0.15) is 0 Å². The van der Waals surface area contributed by atoms with Crippen LogP contribution in [0.2, 0.25) is 0 Å². The van der Waals surface area contributed by atoms with Crippen LogP contribution in [0.15, 0.2) is 84.2 Å². The van der Waals surface area contributed by atoms with E-state index in [0.29, 0.717) is 10.7 Å². The van der Waals surface area contributed by atoms with Crippen LogP contribution in [-0.4, -0.2) is 10.9 Å². The van der Waals surface area contributed by atoms with E-state index in [2.05, 4.69) is 53.6 Å². The highest BCUT2D eigenvalue weighted by molar-refractivity contribution is 7.14. The lowest BCUT2D eigenvalue weighted by atomic mass is 10.0. The summed E-state index contributed by atoms with van der Waals surface area (Å²) in [7, 11) is 0. The third kappa shape index (κ3) is 4.02. The molecule has 0 aliphatic heterocycles. The van der Waals surface area contributed by atoms with Gasteiger partial charge < -0.3 is 0 Å². The van der Waals surface area contributed by atoms with Crippen molar-refractivity contribution in [1.82, 2.24) is 4.98 Å². The van der Waals surface area contributed by atoms with Crippen LogP contribution in [0.4, 0.5) is 5.13 Å². The van der Waals surface area contributed by atoms with E-state index in [0.717, 1.165) is 28.8 Å². The number of rotatable bonds is 5. The second kappa shape index (κ2) is 8.19. The number of hydrogen-bond donors (Lipinski definition) is 1.